The van der Waals surface area contributed by atoms with Crippen LogP contribution in [-0.4, -0.2) is 95.7 Å². The van der Waals surface area contributed by atoms with Crippen molar-refractivity contribution in [3.63, 3.8) is 0 Å². The van der Waals surface area contributed by atoms with Gasteiger partial charge >= 0.3 is 6.09 Å². The number of tetrazole rings is 1. The highest BCUT2D eigenvalue weighted by Gasteiger charge is 2.61. The van der Waals surface area contributed by atoms with Crippen LogP contribution < -0.4 is 20.7 Å². The first kappa shape index (κ1) is 35.9. The lowest BCUT2D eigenvalue weighted by molar-refractivity contribution is -0.142. The number of anilines is 1. The molecule has 278 valence electrons. The molecule has 3 aliphatic rings. The number of aromatic amines is 1. The van der Waals surface area contributed by atoms with E-state index < -0.39 is 53.0 Å². The summed E-state index contributed by atoms with van der Waals surface area (Å²) in [6, 6.07) is 9.15. The van der Waals surface area contributed by atoms with Crippen molar-refractivity contribution in [2.24, 2.45) is 11.3 Å². The Kier molecular flexibility index (Phi) is 9.85. The first-order valence-corrected chi connectivity index (χ1v) is 18.6. The molecule has 0 unspecified atom stereocenters. The molecule has 3 aromatic heterocycles. The van der Waals surface area contributed by atoms with Crippen LogP contribution in [-0.2, 0) is 19.1 Å². The Balaban J connectivity index is 1.18. The molecular weight excluding hydrogens is 701 g/mol. The molecular formula is C36H42N10O6S. The van der Waals surface area contributed by atoms with Gasteiger partial charge in [-0.25, -0.2) is 14.8 Å². The second-order valence-corrected chi connectivity index (χ2v) is 15.7. The van der Waals surface area contributed by atoms with Gasteiger partial charge in [0.05, 0.1) is 22.5 Å². The quantitative estimate of drug-likeness (QED) is 0.162. The maximum Gasteiger partial charge on any atom is 0.408 e. The van der Waals surface area contributed by atoms with Gasteiger partial charge in [-0.1, -0.05) is 50.1 Å². The minimum Gasteiger partial charge on any atom is -0.471 e. The number of H-pyrrole nitrogens is 1. The number of aromatic nitrogens is 6. The summed E-state index contributed by atoms with van der Waals surface area (Å²) in [7, 11) is 0. The van der Waals surface area contributed by atoms with Gasteiger partial charge in [0.2, 0.25) is 17.7 Å². The predicted octanol–water partition coefficient (Wildman–Crippen LogP) is 4.00. The minimum atomic E-state index is -1.35. The lowest BCUT2D eigenvalue weighted by Gasteiger charge is -2.35. The number of ether oxygens (including phenoxy) is 2. The summed E-state index contributed by atoms with van der Waals surface area (Å²) >= 11 is 1.49. The molecule has 1 aromatic carbocycles. The van der Waals surface area contributed by atoms with Crippen LogP contribution in [0.2, 0.25) is 0 Å². The number of fused-ring (bicyclic) bond motifs is 1. The van der Waals surface area contributed by atoms with Gasteiger partial charge in [-0.2, -0.15) is 5.21 Å². The standard InChI is InChI=1S/C36H42N10O6S/c1-5-20-18-36(20,32(49)40-33-42-44-45-43-33)41-29(47)25-17-22(51-30-27(26-15-10-16-53-26)37-23-13-8-9-14-24(23)38-30)19-46(25)31(48)28(35(2,3)4)39-34(50)52-21-11-6-7-12-21/h5,8-10,13-16,20-22,25,28H,1,6-7,11-12,17-19H2,2-4H3,(H,39,50)(H,41,47)(H2,40,42,43,44,45,49)/t20-,22-,25+,28-,36-/m1/s1. The van der Waals surface area contributed by atoms with Crippen molar-refractivity contribution in [3.8, 4) is 16.5 Å². The fourth-order valence-corrected chi connectivity index (χ4v) is 7.77. The number of carbonyl (C=O) groups excluding carboxylic acids is 4. The van der Waals surface area contributed by atoms with Crippen LogP contribution >= 0.6 is 11.3 Å². The second-order valence-electron chi connectivity index (χ2n) is 14.8. The summed E-state index contributed by atoms with van der Waals surface area (Å²) < 4.78 is 12.2. The zero-order valence-corrected chi connectivity index (χ0v) is 30.5. The van der Waals surface area contributed by atoms with Gasteiger partial charge in [-0.05, 0) is 66.3 Å². The van der Waals surface area contributed by atoms with Crippen molar-refractivity contribution in [1.29, 1.82) is 0 Å². The van der Waals surface area contributed by atoms with Crippen LogP contribution in [0, 0.1) is 11.3 Å². The van der Waals surface area contributed by atoms with Gasteiger partial charge < -0.3 is 25.0 Å². The molecule has 17 heteroatoms. The van der Waals surface area contributed by atoms with Crippen LogP contribution in [0.4, 0.5) is 10.7 Å². The van der Waals surface area contributed by atoms with E-state index in [1.165, 1.54) is 16.2 Å². The Bertz CT molecular complexity index is 1990. The topological polar surface area (TPSA) is 206 Å². The maximum atomic E-state index is 14.6. The molecule has 4 amide bonds. The number of hydrogen-bond donors (Lipinski definition) is 4. The average molecular weight is 743 g/mol. The normalized spacial score (nSPS) is 23.3. The highest BCUT2D eigenvalue weighted by Crippen LogP contribution is 2.45. The Hall–Kier alpha value is -5.45. The minimum absolute atomic E-state index is 0.00577. The van der Waals surface area contributed by atoms with Crippen LogP contribution in [0.1, 0.15) is 59.3 Å². The number of likely N-dealkylation sites (tertiary alicyclic amines) is 1. The molecule has 4 N–H and O–H groups in total. The van der Waals surface area contributed by atoms with Gasteiger partial charge in [0, 0.05) is 12.3 Å². The number of benzene rings is 1. The van der Waals surface area contributed by atoms with E-state index in [4.69, 9.17) is 19.4 Å². The number of nitrogens with one attached hydrogen (secondary N) is 4. The van der Waals surface area contributed by atoms with Crippen molar-refractivity contribution in [1.82, 2.24) is 46.1 Å². The number of nitrogens with zero attached hydrogens (tertiary/aromatic N) is 6. The molecule has 2 aliphatic carbocycles. The summed E-state index contributed by atoms with van der Waals surface area (Å²) in [5.74, 6) is -1.77. The molecule has 16 nitrogen and oxygen atoms in total. The first-order valence-electron chi connectivity index (χ1n) is 17.7. The maximum absolute atomic E-state index is 14.6. The molecule has 1 aliphatic heterocycles. The molecule has 1 saturated heterocycles. The fourth-order valence-electron chi connectivity index (χ4n) is 7.06. The third-order valence-electron chi connectivity index (χ3n) is 9.99. The van der Waals surface area contributed by atoms with Crippen molar-refractivity contribution < 1.29 is 28.7 Å². The van der Waals surface area contributed by atoms with Crippen molar-refractivity contribution in [3.05, 3.63) is 54.4 Å². The summed E-state index contributed by atoms with van der Waals surface area (Å²) in [5.41, 5.74) is -0.261. The molecule has 53 heavy (non-hydrogen) atoms. The number of rotatable bonds is 11. The van der Waals surface area contributed by atoms with E-state index in [1.807, 2.05) is 62.5 Å². The smallest absolute Gasteiger partial charge is 0.408 e. The summed E-state index contributed by atoms with van der Waals surface area (Å²) in [4.78, 5) is 67.6. The monoisotopic (exact) mass is 742 g/mol. The second kappa shape index (κ2) is 14.5. The number of para-hydroxylation sites is 2. The van der Waals surface area contributed by atoms with Crippen LogP contribution in [0.5, 0.6) is 5.88 Å². The van der Waals surface area contributed by atoms with Gasteiger partial charge in [0.25, 0.3) is 11.9 Å². The van der Waals surface area contributed by atoms with E-state index in [1.54, 1.807) is 6.08 Å². The Morgan fingerprint density at radius 3 is 2.47 bits per heavy atom. The highest BCUT2D eigenvalue weighted by molar-refractivity contribution is 7.13. The predicted molar refractivity (Wildman–Crippen MR) is 194 cm³/mol. The van der Waals surface area contributed by atoms with E-state index in [9.17, 15) is 19.2 Å². The Morgan fingerprint density at radius 1 is 1.08 bits per heavy atom. The Morgan fingerprint density at radius 2 is 1.83 bits per heavy atom. The van der Waals surface area contributed by atoms with Gasteiger partial charge in [-0.15, -0.1) is 23.0 Å². The molecule has 7 rings (SSSR count). The molecule has 0 radical (unpaired) electrons. The van der Waals surface area contributed by atoms with Gasteiger partial charge in [-0.3, -0.25) is 19.7 Å². The molecule has 0 bridgehead atoms. The zero-order chi connectivity index (χ0) is 37.3. The number of thiophene rings is 1. The first-order chi connectivity index (χ1) is 25.4. The molecule has 4 heterocycles. The third kappa shape index (κ3) is 7.56. The molecule has 2 saturated carbocycles. The van der Waals surface area contributed by atoms with Crippen LogP contribution in [0.15, 0.2) is 54.4 Å². The molecule has 4 aromatic rings. The fraction of sp³-hybridized carbons (Fsp3) is 0.472. The van der Waals surface area contributed by atoms with Gasteiger partial charge in [0.15, 0.2) is 0 Å². The lowest BCUT2D eigenvalue weighted by atomic mass is 9.85. The average Bonchev–Trinajstić information content (AvgIpc) is 3.80. The van der Waals surface area contributed by atoms with Crippen LogP contribution in [0.3, 0.4) is 0 Å². The SMILES string of the molecule is C=C[C@@H]1C[C@]1(NC(=O)[C@@H]1C[C@@H](Oc2nc3ccccc3nc2-c2cccs2)CN1C(=O)[C@@H](NC(=O)OC1CCCC1)C(C)(C)C)C(=O)Nc1nn[nH]n1. The number of amides is 4. The van der Waals surface area contributed by atoms with Gasteiger partial charge in [0.1, 0.15) is 35.5 Å². The summed E-state index contributed by atoms with van der Waals surface area (Å²) in [5, 5.41) is 23.6. The van der Waals surface area contributed by atoms with Crippen molar-refractivity contribution >= 4 is 52.1 Å². The summed E-state index contributed by atoms with van der Waals surface area (Å²) in [6.45, 7) is 9.33. The zero-order valence-electron chi connectivity index (χ0n) is 29.7. The van der Waals surface area contributed by atoms with Crippen molar-refractivity contribution in [2.75, 3.05) is 11.9 Å². The largest absolute Gasteiger partial charge is 0.471 e. The summed E-state index contributed by atoms with van der Waals surface area (Å²) in [6.07, 6.45) is 3.85. The molecule has 3 fully saturated rings. The lowest BCUT2D eigenvalue weighted by Crippen LogP contribution is -2.59. The van der Waals surface area contributed by atoms with E-state index in [2.05, 4.69) is 43.2 Å². The third-order valence-corrected chi connectivity index (χ3v) is 10.9. The Labute approximate surface area is 309 Å². The van der Waals surface area contributed by atoms with E-state index in [0.29, 0.717) is 16.7 Å². The van der Waals surface area contributed by atoms with Crippen molar-refractivity contribution in [2.45, 2.75) is 89.1 Å². The van der Waals surface area contributed by atoms with E-state index >= 15 is 0 Å². The number of hydrogen-bond acceptors (Lipinski definition) is 12. The molecule has 5 atom stereocenters. The van der Waals surface area contributed by atoms with E-state index in [-0.39, 0.29) is 43.2 Å². The van der Waals surface area contributed by atoms with E-state index in [0.717, 1.165) is 30.6 Å². The number of carbonyl (C=O) groups is 4. The molecule has 0 spiro atoms. The number of alkyl carbamates (subject to hydrolysis) is 1. The van der Waals surface area contributed by atoms with Crippen LogP contribution in [0.25, 0.3) is 21.6 Å². The highest BCUT2D eigenvalue weighted by atomic mass is 32.1.